The Balaban J connectivity index is 2.22. The van der Waals surface area contributed by atoms with Gasteiger partial charge in [0.15, 0.2) is 0 Å². The molecule has 0 aliphatic heterocycles. The third-order valence-electron chi connectivity index (χ3n) is 2.44. The predicted octanol–water partition coefficient (Wildman–Crippen LogP) is 4.09. The van der Waals surface area contributed by atoms with E-state index in [0.717, 1.165) is 15.9 Å². The first-order chi connectivity index (χ1) is 8.20. The second kappa shape index (κ2) is 5.07. The molecule has 1 N–H and O–H groups in total. The molecule has 1 aromatic heterocycles. The molecule has 0 saturated carbocycles. The van der Waals surface area contributed by atoms with Gasteiger partial charge in [-0.25, -0.2) is 0 Å². The standard InChI is InChI=1S/C13H11BrN2O/c1-9(13-3-2-6-17-13)16-12-5-4-11(14)7-10(12)8-15/h2-7,9,16H,1H3. The molecule has 2 rings (SSSR count). The quantitative estimate of drug-likeness (QED) is 0.926. The van der Waals surface area contributed by atoms with Gasteiger partial charge >= 0.3 is 0 Å². The maximum atomic E-state index is 9.05. The van der Waals surface area contributed by atoms with Crippen LogP contribution in [-0.2, 0) is 0 Å². The number of nitrogens with one attached hydrogen (secondary N) is 1. The van der Waals surface area contributed by atoms with Crippen LogP contribution in [0.5, 0.6) is 0 Å². The summed E-state index contributed by atoms with van der Waals surface area (Å²) in [6.45, 7) is 1.99. The largest absolute Gasteiger partial charge is 0.467 e. The first-order valence-electron chi connectivity index (χ1n) is 5.20. The first kappa shape index (κ1) is 11.7. The molecule has 1 unspecified atom stereocenters. The summed E-state index contributed by atoms with van der Waals surface area (Å²) in [4.78, 5) is 0. The van der Waals surface area contributed by atoms with Crippen LogP contribution in [0.2, 0.25) is 0 Å². The van der Waals surface area contributed by atoms with Gasteiger partial charge in [-0.2, -0.15) is 5.26 Å². The topological polar surface area (TPSA) is 49.0 Å². The summed E-state index contributed by atoms with van der Waals surface area (Å²) >= 11 is 3.34. The van der Waals surface area contributed by atoms with Gasteiger partial charge < -0.3 is 9.73 Å². The zero-order valence-corrected chi connectivity index (χ0v) is 10.9. The van der Waals surface area contributed by atoms with Gasteiger partial charge in [-0.05, 0) is 37.3 Å². The van der Waals surface area contributed by atoms with Crippen LogP contribution in [0.25, 0.3) is 0 Å². The lowest BCUT2D eigenvalue weighted by Gasteiger charge is -2.14. The van der Waals surface area contributed by atoms with Crippen molar-refractivity contribution in [2.24, 2.45) is 0 Å². The third-order valence-corrected chi connectivity index (χ3v) is 2.94. The molecule has 0 aliphatic carbocycles. The molecule has 0 radical (unpaired) electrons. The molecule has 3 nitrogen and oxygen atoms in total. The fourth-order valence-corrected chi connectivity index (χ4v) is 1.94. The predicted molar refractivity (Wildman–Crippen MR) is 69.6 cm³/mol. The molecule has 4 heteroatoms. The molecule has 1 aromatic carbocycles. The summed E-state index contributed by atoms with van der Waals surface area (Å²) < 4.78 is 6.20. The maximum Gasteiger partial charge on any atom is 0.125 e. The van der Waals surface area contributed by atoms with E-state index >= 15 is 0 Å². The molecular weight excluding hydrogens is 280 g/mol. The molecule has 1 heterocycles. The number of rotatable bonds is 3. The Labute approximate surface area is 108 Å². The molecule has 0 aliphatic rings. The summed E-state index contributed by atoms with van der Waals surface area (Å²) in [6.07, 6.45) is 1.64. The van der Waals surface area contributed by atoms with Crippen LogP contribution in [0, 0.1) is 11.3 Å². The lowest BCUT2D eigenvalue weighted by Crippen LogP contribution is -2.06. The average Bonchev–Trinajstić information content (AvgIpc) is 2.85. The van der Waals surface area contributed by atoms with E-state index in [1.807, 2.05) is 31.2 Å². The zero-order valence-electron chi connectivity index (χ0n) is 9.27. The van der Waals surface area contributed by atoms with Crippen LogP contribution in [0.3, 0.4) is 0 Å². The lowest BCUT2D eigenvalue weighted by atomic mass is 10.1. The first-order valence-corrected chi connectivity index (χ1v) is 5.99. The Morgan fingerprint density at radius 1 is 1.41 bits per heavy atom. The number of hydrogen-bond acceptors (Lipinski definition) is 3. The van der Waals surface area contributed by atoms with Crippen LogP contribution in [0.4, 0.5) is 5.69 Å². The van der Waals surface area contributed by atoms with Crippen molar-refractivity contribution in [3.8, 4) is 6.07 Å². The second-order valence-electron chi connectivity index (χ2n) is 3.68. The molecule has 0 amide bonds. The number of hydrogen-bond donors (Lipinski definition) is 1. The van der Waals surface area contributed by atoms with E-state index in [-0.39, 0.29) is 6.04 Å². The van der Waals surface area contributed by atoms with Crippen LogP contribution in [0.1, 0.15) is 24.3 Å². The van der Waals surface area contributed by atoms with Gasteiger partial charge in [0, 0.05) is 4.47 Å². The van der Waals surface area contributed by atoms with Gasteiger partial charge in [0.2, 0.25) is 0 Å². The molecule has 2 aromatic rings. The Kier molecular flexibility index (Phi) is 3.50. The van der Waals surface area contributed by atoms with E-state index in [1.165, 1.54) is 0 Å². The monoisotopic (exact) mass is 290 g/mol. The van der Waals surface area contributed by atoms with E-state index in [9.17, 15) is 0 Å². The lowest BCUT2D eigenvalue weighted by molar-refractivity contribution is 0.490. The van der Waals surface area contributed by atoms with Gasteiger partial charge in [-0.3, -0.25) is 0 Å². The summed E-state index contributed by atoms with van der Waals surface area (Å²) in [5, 5.41) is 12.3. The van der Waals surface area contributed by atoms with Crippen LogP contribution >= 0.6 is 15.9 Å². The Morgan fingerprint density at radius 2 is 2.24 bits per heavy atom. The van der Waals surface area contributed by atoms with Crippen molar-refractivity contribution < 1.29 is 4.42 Å². The van der Waals surface area contributed by atoms with Crippen molar-refractivity contribution in [1.29, 1.82) is 5.26 Å². The highest BCUT2D eigenvalue weighted by Gasteiger charge is 2.10. The van der Waals surface area contributed by atoms with Crippen LogP contribution in [-0.4, -0.2) is 0 Å². The molecule has 0 fully saturated rings. The molecule has 0 spiro atoms. The second-order valence-corrected chi connectivity index (χ2v) is 4.60. The van der Waals surface area contributed by atoms with Crippen molar-refractivity contribution >= 4 is 21.6 Å². The van der Waals surface area contributed by atoms with Gasteiger partial charge in [0.25, 0.3) is 0 Å². The number of anilines is 1. The zero-order chi connectivity index (χ0) is 12.3. The van der Waals surface area contributed by atoms with E-state index in [4.69, 9.17) is 9.68 Å². The number of furan rings is 1. The smallest absolute Gasteiger partial charge is 0.125 e. The van der Waals surface area contributed by atoms with E-state index in [0.29, 0.717) is 5.56 Å². The van der Waals surface area contributed by atoms with Crippen molar-refractivity contribution in [3.05, 3.63) is 52.4 Å². The SMILES string of the molecule is CC(Nc1ccc(Br)cc1C#N)c1ccco1. The molecular formula is C13H11BrN2O. The molecule has 0 saturated heterocycles. The highest BCUT2D eigenvalue weighted by molar-refractivity contribution is 9.10. The minimum Gasteiger partial charge on any atom is -0.467 e. The Morgan fingerprint density at radius 3 is 2.88 bits per heavy atom. The van der Waals surface area contributed by atoms with Crippen LogP contribution < -0.4 is 5.32 Å². The maximum absolute atomic E-state index is 9.05. The number of halogens is 1. The Bertz CT molecular complexity index is 543. The number of benzene rings is 1. The van der Waals surface area contributed by atoms with Gasteiger partial charge in [0.1, 0.15) is 11.8 Å². The van der Waals surface area contributed by atoms with E-state index in [2.05, 4.69) is 27.3 Å². The summed E-state index contributed by atoms with van der Waals surface area (Å²) in [6, 6.07) is 11.5. The highest BCUT2D eigenvalue weighted by atomic mass is 79.9. The minimum absolute atomic E-state index is 0.0262. The van der Waals surface area contributed by atoms with Crippen molar-refractivity contribution in [3.63, 3.8) is 0 Å². The molecule has 1 atom stereocenters. The average molecular weight is 291 g/mol. The number of nitriles is 1. The fraction of sp³-hybridized carbons (Fsp3) is 0.154. The minimum atomic E-state index is 0.0262. The van der Waals surface area contributed by atoms with Gasteiger partial charge in [-0.1, -0.05) is 15.9 Å². The highest BCUT2D eigenvalue weighted by Crippen LogP contribution is 2.24. The van der Waals surface area contributed by atoms with E-state index in [1.54, 1.807) is 12.3 Å². The normalized spacial score (nSPS) is 11.8. The Hall–Kier alpha value is -1.73. The number of nitrogens with zero attached hydrogens (tertiary/aromatic N) is 1. The molecule has 0 bridgehead atoms. The fourth-order valence-electron chi connectivity index (χ4n) is 1.58. The summed E-state index contributed by atoms with van der Waals surface area (Å²) in [5.41, 5.74) is 1.41. The van der Waals surface area contributed by atoms with Crippen molar-refractivity contribution in [2.45, 2.75) is 13.0 Å². The van der Waals surface area contributed by atoms with Gasteiger partial charge in [0.05, 0.1) is 23.6 Å². The molecule has 86 valence electrons. The van der Waals surface area contributed by atoms with E-state index < -0.39 is 0 Å². The summed E-state index contributed by atoms with van der Waals surface area (Å²) in [5.74, 6) is 0.844. The molecule has 17 heavy (non-hydrogen) atoms. The summed E-state index contributed by atoms with van der Waals surface area (Å²) in [7, 11) is 0. The third kappa shape index (κ3) is 2.69. The van der Waals surface area contributed by atoms with Gasteiger partial charge in [-0.15, -0.1) is 0 Å². The van der Waals surface area contributed by atoms with Crippen LogP contribution in [0.15, 0.2) is 45.5 Å². The van der Waals surface area contributed by atoms with Crippen molar-refractivity contribution in [2.75, 3.05) is 5.32 Å². The van der Waals surface area contributed by atoms with Crippen molar-refractivity contribution in [1.82, 2.24) is 0 Å².